The summed E-state index contributed by atoms with van der Waals surface area (Å²) in [5.41, 5.74) is 5.54. The van der Waals surface area contributed by atoms with Gasteiger partial charge in [0.05, 0.1) is 5.92 Å². The second kappa shape index (κ2) is 10.0. The third kappa shape index (κ3) is 6.22. The summed E-state index contributed by atoms with van der Waals surface area (Å²) in [5, 5.41) is 2.95. The molecule has 21 heavy (non-hydrogen) atoms. The number of nitrogens with one attached hydrogen (secondary N) is 1. The molecule has 1 aliphatic rings. The molecular formula is C15H30ClN3O2. The van der Waals surface area contributed by atoms with Crippen LogP contribution in [0.25, 0.3) is 0 Å². The fourth-order valence-electron chi connectivity index (χ4n) is 2.38. The topological polar surface area (TPSA) is 75.4 Å². The Morgan fingerprint density at radius 3 is 2.62 bits per heavy atom. The molecule has 5 nitrogen and oxygen atoms in total. The fourth-order valence-corrected chi connectivity index (χ4v) is 2.38. The lowest BCUT2D eigenvalue weighted by Gasteiger charge is -2.33. The molecule has 1 fully saturated rings. The first-order valence-electron chi connectivity index (χ1n) is 7.76. The summed E-state index contributed by atoms with van der Waals surface area (Å²) >= 11 is 0. The SMILES string of the molecule is CCC(C)C(=O)N1CCCC(C(=O)NCC(C)CN)C1.Cl. The molecule has 1 heterocycles. The lowest BCUT2D eigenvalue weighted by molar-refractivity contribution is -0.138. The zero-order valence-corrected chi connectivity index (χ0v) is 14.2. The molecule has 124 valence electrons. The van der Waals surface area contributed by atoms with E-state index < -0.39 is 0 Å². The molecule has 3 atom stereocenters. The van der Waals surface area contributed by atoms with E-state index in [1.807, 2.05) is 25.7 Å². The van der Waals surface area contributed by atoms with Crippen molar-refractivity contribution in [1.29, 1.82) is 0 Å². The summed E-state index contributed by atoms with van der Waals surface area (Å²) in [6.07, 6.45) is 2.63. The second-order valence-corrected chi connectivity index (χ2v) is 6.02. The standard InChI is InChI=1S/C15H29N3O2.ClH/c1-4-12(3)15(20)18-7-5-6-13(10-18)14(19)17-9-11(2)8-16;/h11-13H,4-10,16H2,1-3H3,(H,17,19);1H. The van der Waals surface area contributed by atoms with Crippen molar-refractivity contribution in [2.24, 2.45) is 23.5 Å². The number of carbonyl (C=O) groups excluding carboxylic acids is 2. The maximum atomic E-state index is 12.2. The van der Waals surface area contributed by atoms with Gasteiger partial charge in [-0.1, -0.05) is 20.8 Å². The molecule has 0 aromatic heterocycles. The predicted molar refractivity (Wildman–Crippen MR) is 87.2 cm³/mol. The van der Waals surface area contributed by atoms with Crippen LogP contribution in [0.5, 0.6) is 0 Å². The van der Waals surface area contributed by atoms with Gasteiger partial charge in [0.2, 0.25) is 11.8 Å². The Morgan fingerprint density at radius 2 is 2.05 bits per heavy atom. The molecule has 2 amide bonds. The highest BCUT2D eigenvalue weighted by molar-refractivity contribution is 5.85. The van der Waals surface area contributed by atoms with Gasteiger partial charge < -0.3 is 16.0 Å². The van der Waals surface area contributed by atoms with Gasteiger partial charge in [0, 0.05) is 25.6 Å². The van der Waals surface area contributed by atoms with Crippen LogP contribution in [0.15, 0.2) is 0 Å². The molecule has 1 rings (SSSR count). The minimum absolute atomic E-state index is 0. The summed E-state index contributed by atoms with van der Waals surface area (Å²) < 4.78 is 0. The van der Waals surface area contributed by atoms with E-state index in [1.54, 1.807) is 0 Å². The number of amides is 2. The van der Waals surface area contributed by atoms with E-state index >= 15 is 0 Å². The summed E-state index contributed by atoms with van der Waals surface area (Å²) in [4.78, 5) is 26.2. The van der Waals surface area contributed by atoms with Crippen LogP contribution in [0.3, 0.4) is 0 Å². The van der Waals surface area contributed by atoms with Gasteiger partial charge in [-0.25, -0.2) is 0 Å². The van der Waals surface area contributed by atoms with Crippen LogP contribution in [0.1, 0.15) is 40.0 Å². The maximum absolute atomic E-state index is 12.2. The summed E-state index contributed by atoms with van der Waals surface area (Å²) in [6, 6.07) is 0. The summed E-state index contributed by atoms with van der Waals surface area (Å²) in [6.45, 7) is 8.52. The average Bonchev–Trinajstić information content (AvgIpc) is 2.50. The molecule has 0 bridgehead atoms. The second-order valence-electron chi connectivity index (χ2n) is 6.02. The maximum Gasteiger partial charge on any atom is 0.225 e. The average molecular weight is 320 g/mol. The van der Waals surface area contributed by atoms with Gasteiger partial charge in [0.15, 0.2) is 0 Å². The molecule has 6 heteroatoms. The van der Waals surface area contributed by atoms with Crippen LogP contribution in [0.4, 0.5) is 0 Å². The number of hydrogen-bond acceptors (Lipinski definition) is 3. The van der Waals surface area contributed by atoms with Gasteiger partial charge in [0.25, 0.3) is 0 Å². The molecular weight excluding hydrogens is 290 g/mol. The predicted octanol–water partition coefficient (Wildman–Crippen LogP) is 1.40. The molecule has 1 aliphatic heterocycles. The van der Waals surface area contributed by atoms with Crippen LogP contribution in [-0.2, 0) is 9.59 Å². The smallest absolute Gasteiger partial charge is 0.225 e. The lowest BCUT2D eigenvalue weighted by Crippen LogP contribution is -2.47. The molecule has 1 saturated heterocycles. The third-order valence-corrected chi connectivity index (χ3v) is 4.16. The highest BCUT2D eigenvalue weighted by Gasteiger charge is 2.29. The molecule has 0 saturated carbocycles. The highest BCUT2D eigenvalue weighted by Crippen LogP contribution is 2.19. The molecule has 0 spiro atoms. The van der Waals surface area contributed by atoms with Crippen LogP contribution in [-0.4, -0.2) is 42.9 Å². The Hall–Kier alpha value is -0.810. The minimum atomic E-state index is -0.0678. The van der Waals surface area contributed by atoms with Crippen LogP contribution in [0, 0.1) is 17.8 Å². The molecule has 0 aromatic carbocycles. The summed E-state index contributed by atoms with van der Waals surface area (Å²) in [5.74, 6) is 0.517. The molecule has 3 unspecified atom stereocenters. The number of nitrogens with zero attached hydrogens (tertiary/aromatic N) is 1. The van der Waals surface area contributed by atoms with E-state index in [0.29, 0.717) is 25.6 Å². The van der Waals surface area contributed by atoms with Crippen LogP contribution in [0.2, 0.25) is 0 Å². The largest absolute Gasteiger partial charge is 0.355 e. The highest BCUT2D eigenvalue weighted by atomic mass is 35.5. The Kier molecular flexibility index (Phi) is 9.62. The van der Waals surface area contributed by atoms with E-state index in [0.717, 1.165) is 25.8 Å². The molecule has 0 aromatic rings. The van der Waals surface area contributed by atoms with Gasteiger partial charge in [-0.05, 0) is 31.7 Å². The van der Waals surface area contributed by atoms with Gasteiger partial charge in [-0.3, -0.25) is 9.59 Å². The quantitative estimate of drug-likeness (QED) is 0.777. The van der Waals surface area contributed by atoms with Gasteiger partial charge in [-0.15, -0.1) is 12.4 Å². The number of halogens is 1. The van der Waals surface area contributed by atoms with E-state index in [4.69, 9.17) is 5.73 Å². The lowest BCUT2D eigenvalue weighted by atomic mass is 9.95. The zero-order chi connectivity index (χ0) is 15.1. The Labute approximate surface area is 134 Å². The monoisotopic (exact) mass is 319 g/mol. The number of likely N-dealkylation sites (tertiary alicyclic amines) is 1. The normalized spacial score (nSPS) is 21.1. The van der Waals surface area contributed by atoms with Crippen molar-refractivity contribution in [2.75, 3.05) is 26.2 Å². The first-order chi connectivity index (χ1) is 9.49. The Morgan fingerprint density at radius 1 is 1.38 bits per heavy atom. The van der Waals surface area contributed by atoms with Crippen LogP contribution < -0.4 is 11.1 Å². The first-order valence-corrected chi connectivity index (χ1v) is 7.76. The Bertz CT molecular complexity index is 339. The minimum Gasteiger partial charge on any atom is -0.355 e. The van der Waals surface area contributed by atoms with Gasteiger partial charge >= 0.3 is 0 Å². The van der Waals surface area contributed by atoms with E-state index in [9.17, 15) is 9.59 Å². The first kappa shape index (κ1) is 20.2. The van der Waals surface area contributed by atoms with Gasteiger partial charge in [-0.2, -0.15) is 0 Å². The van der Waals surface area contributed by atoms with Gasteiger partial charge in [0.1, 0.15) is 0 Å². The van der Waals surface area contributed by atoms with Crippen molar-refractivity contribution < 1.29 is 9.59 Å². The number of nitrogens with two attached hydrogens (primary N) is 1. The van der Waals surface area contributed by atoms with Crippen LogP contribution >= 0.6 is 12.4 Å². The number of rotatable bonds is 6. The number of piperidine rings is 1. The fraction of sp³-hybridized carbons (Fsp3) is 0.867. The van der Waals surface area contributed by atoms with Crippen molar-refractivity contribution in [1.82, 2.24) is 10.2 Å². The van der Waals surface area contributed by atoms with E-state index in [2.05, 4.69) is 5.32 Å². The number of hydrogen-bond donors (Lipinski definition) is 2. The zero-order valence-electron chi connectivity index (χ0n) is 13.4. The van der Waals surface area contributed by atoms with Crippen molar-refractivity contribution in [2.45, 2.75) is 40.0 Å². The van der Waals surface area contributed by atoms with Crippen molar-refractivity contribution in [3.8, 4) is 0 Å². The van der Waals surface area contributed by atoms with Crippen molar-refractivity contribution in [3.05, 3.63) is 0 Å². The molecule has 0 radical (unpaired) electrons. The van der Waals surface area contributed by atoms with E-state index in [1.165, 1.54) is 0 Å². The van der Waals surface area contributed by atoms with Crippen molar-refractivity contribution in [3.63, 3.8) is 0 Å². The van der Waals surface area contributed by atoms with E-state index in [-0.39, 0.29) is 36.1 Å². The Balaban J connectivity index is 0.00000400. The van der Waals surface area contributed by atoms with Crippen molar-refractivity contribution >= 4 is 24.2 Å². The third-order valence-electron chi connectivity index (χ3n) is 4.16. The molecule has 3 N–H and O–H groups in total. The summed E-state index contributed by atoms with van der Waals surface area (Å²) in [7, 11) is 0. The molecule has 0 aliphatic carbocycles. The number of carbonyl (C=O) groups is 2.